The molecule has 0 aromatic carbocycles. The topological polar surface area (TPSA) is 92.5 Å². The SMILES string of the molecule is CC(Nc1nc(N)nc2nc[nH]c12)C1CCC1. The maximum atomic E-state index is 5.67. The van der Waals surface area contributed by atoms with Crippen LogP contribution in [-0.2, 0) is 0 Å². The van der Waals surface area contributed by atoms with Crippen molar-refractivity contribution < 1.29 is 0 Å². The molecule has 1 fully saturated rings. The molecule has 2 heterocycles. The molecule has 2 aromatic rings. The molecular formula is C11H16N6. The molecule has 2 aromatic heterocycles. The Morgan fingerprint density at radius 3 is 3.00 bits per heavy atom. The van der Waals surface area contributed by atoms with Gasteiger partial charge in [0.05, 0.1) is 6.33 Å². The van der Waals surface area contributed by atoms with Gasteiger partial charge in [-0.25, -0.2) is 4.98 Å². The van der Waals surface area contributed by atoms with Crippen LogP contribution in [0, 0.1) is 5.92 Å². The number of hydrogen-bond donors (Lipinski definition) is 3. The van der Waals surface area contributed by atoms with Gasteiger partial charge < -0.3 is 16.0 Å². The molecule has 1 atom stereocenters. The predicted molar refractivity (Wildman–Crippen MR) is 66.5 cm³/mol. The number of rotatable bonds is 3. The molecule has 4 N–H and O–H groups in total. The van der Waals surface area contributed by atoms with E-state index in [-0.39, 0.29) is 5.95 Å². The molecule has 0 amide bonds. The summed E-state index contributed by atoms with van der Waals surface area (Å²) < 4.78 is 0. The Bertz CT molecular complexity index is 530. The molecule has 17 heavy (non-hydrogen) atoms. The third-order valence-electron chi connectivity index (χ3n) is 3.52. The van der Waals surface area contributed by atoms with Gasteiger partial charge in [0.2, 0.25) is 5.95 Å². The molecule has 6 nitrogen and oxygen atoms in total. The summed E-state index contributed by atoms with van der Waals surface area (Å²) in [6, 6.07) is 0.407. The summed E-state index contributed by atoms with van der Waals surface area (Å²) >= 11 is 0. The fourth-order valence-corrected chi connectivity index (χ4v) is 2.23. The number of nitrogens with zero attached hydrogens (tertiary/aromatic N) is 3. The third kappa shape index (κ3) is 1.79. The van der Waals surface area contributed by atoms with E-state index in [2.05, 4.69) is 32.2 Å². The van der Waals surface area contributed by atoms with E-state index in [4.69, 9.17) is 5.73 Å². The summed E-state index contributed by atoms with van der Waals surface area (Å²) in [6.45, 7) is 2.18. The van der Waals surface area contributed by atoms with Gasteiger partial charge in [0.25, 0.3) is 0 Å². The quantitative estimate of drug-likeness (QED) is 0.746. The maximum Gasteiger partial charge on any atom is 0.224 e. The average Bonchev–Trinajstić information content (AvgIpc) is 2.62. The highest BCUT2D eigenvalue weighted by atomic mass is 15.1. The van der Waals surface area contributed by atoms with Crippen LogP contribution in [0.5, 0.6) is 0 Å². The van der Waals surface area contributed by atoms with Gasteiger partial charge in [-0.15, -0.1) is 0 Å². The molecule has 1 unspecified atom stereocenters. The zero-order valence-electron chi connectivity index (χ0n) is 9.77. The summed E-state index contributed by atoms with van der Waals surface area (Å²) in [5.41, 5.74) is 7.10. The van der Waals surface area contributed by atoms with E-state index >= 15 is 0 Å². The van der Waals surface area contributed by atoms with Crippen molar-refractivity contribution in [2.45, 2.75) is 32.2 Å². The lowest BCUT2D eigenvalue weighted by molar-refractivity contribution is 0.285. The Hall–Kier alpha value is -1.85. The van der Waals surface area contributed by atoms with Crippen LogP contribution < -0.4 is 11.1 Å². The van der Waals surface area contributed by atoms with Gasteiger partial charge in [-0.05, 0) is 25.7 Å². The van der Waals surface area contributed by atoms with E-state index in [0.29, 0.717) is 11.7 Å². The molecule has 0 radical (unpaired) electrons. The zero-order chi connectivity index (χ0) is 11.8. The van der Waals surface area contributed by atoms with Gasteiger partial charge in [-0.3, -0.25) is 0 Å². The van der Waals surface area contributed by atoms with Crippen molar-refractivity contribution in [3.05, 3.63) is 6.33 Å². The minimum atomic E-state index is 0.257. The molecule has 0 bridgehead atoms. The number of H-pyrrole nitrogens is 1. The molecular weight excluding hydrogens is 216 g/mol. The number of nitrogen functional groups attached to an aromatic ring is 1. The van der Waals surface area contributed by atoms with Crippen LogP contribution in [0.2, 0.25) is 0 Å². The summed E-state index contributed by atoms with van der Waals surface area (Å²) in [5, 5.41) is 3.41. The van der Waals surface area contributed by atoms with Gasteiger partial charge >= 0.3 is 0 Å². The van der Waals surface area contributed by atoms with E-state index in [1.165, 1.54) is 19.3 Å². The van der Waals surface area contributed by atoms with Crippen LogP contribution in [0.1, 0.15) is 26.2 Å². The lowest BCUT2D eigenvalue weighted by Gasteiger charge is -2.32. The molecule has 0 aliphatic heterocycles. The Labute approximate surface area is 99.1 Å². The number of imidazole rings is 1. The minimum absolute atomic E-state index is 0.257. The number of nitrogens with one attached hydrogen (secondary N) is 2. The average molecular weight is 232 g/mol. The monoisotopic (exact) mass is 232 g/mol. The lowest BCUT2D eigenvalue weighted by Crippen LogP contribution is -2.31. The fourth-order valence-electron chi connectivity index (χ4n) is 2.23. The van der Waals surface area contributed by atoms with Crippen LogP contribution in [-0.4, -0.2) is 26.0 Å². The standard InChI is InChI=1S/C11H16N6/c1-6(7-3-2-4-7)15-10-8-9(14-5-13-8)16-11(12)17-10/h5-7H,2-4H2,1H3,(H4,12,13,14,15,16,17). The van der Waals surface area contributed by atoms with Gasteiger partial charge in [-0.1, -0.05) is 6.42 Å². The van der Waals surface area contributed by atoms with Crippen molar-refractivity contribution in [2.75, 3.05) is 11.1 Å². The van der Waals surface area contributed by atoms with E-state index in [0.717, 1.165) is 17.3 Å². The maximum absolute atomic E-state index is 5.67. The van der Waals surface area contributed by atoms with Crippen LogP contribution in [0.25, 0.3) is 11.2 Å². The molecule has 3 rings (SSSR count). The first-order valence-electron chi connectivity index (χ1n) is 5.97. The van der Waals surface area contributed by atoms with Gasteiger partial charge in [-0.2, -0.15) is 9.97 Å². The number of fused-ring (bicyclic) bond motifs is 1. The highest BCUT2D eigenvalue weighted by Gasteiger charge is 2.24. The minimum Gasteiger partial charge on any atom is -0.368 e. The molecule has 1 saturated carbocycles. The van der Waals surface area contributed by atoms with Crippen LogP contribution in [0.4, 0.5) is 11.8 Å². The van der Waals surface area contributed by atoms with E-state index in [1.54, 1.807) is 6.33 Å². The van der Waals surface area contributed by atoms with E-state index in [1.807, 2.05) is 0 Å². The number of aromatic amines is 1. The predicted octanol–water partition coefficient (Wildman–Crippen LogP) is 1.54. The number of anilines is 2. The Morgan fingerprint density at radius 1 is 1.47 bits per heavy atom. The van der Waals surface area contributed by atoms with Crippen molar-refractivity contribution in [2.24, 2.45) is 5.92 Å². The van der Waals surface area contributed by atoms with Crippen molar-refractivity contribution >= 4 is 22.9 Å². The van der Waals surface area contributed by atoms with Gasteiger partial charge in [0.1, 0.15) is 5.52 Å². The largest absolute Gasteiger partial charge is 0.368 e. The lowest BCUT2D eigenvalue weighted by atomic mass is 9.80. The normalized spacial score (nSPS) is 17.9. The molecule has 0 spiro atoms. The van der Waals surface area contributed by atoms with Crippen molar-refractivity contribution in [1.82, 2.24) is 19.9 Å². The van der Waals surface area contributed by atoms with Crippen molar-refractivity contribution in [3.63, 3.8) is 0 Å². The Morgan fingerprint density at radius 2 is 2.29 bits per heavy atom. The first-order valence-corrected chi connectivity index (χ1v) is 5.97. The number of hydrogen-bond acceptors (Lipinski definition) is 5. The second kappa shape index (κ2) is 3.87. The van der Waals surface area contributed by atoms with E-state index < -0.39 is 0 Å². The molecule has 6 heteroatoms. The summed E-state index contributed by atoms with van der Waals surface area (Å²) in [4.78, 5) is 15.4. The highest BCUT2D eigenvalue weighted by Crippen LogP contribution is 2.31. The van der Waals surface area contributed by atoms with Gasteiger partial charge in [0.15, 0.2) is 11.5 Å². The van der Waals surface area contributed by atoms with Crippen molar-refractivity contribution in [3.8, 4) is 0 Å². The van der Waals surface area contributed by atoms with Crippen LogP contribution >= 0.6 is 0 Å². The Kier molecular flexibility index (Phi) is 2.35. The highest BCUT2D eigenvalue weighted by molar-refractivity contribution is 5.83. The molecule has 1 aliphatic rings. The zero-order valence-corrected chi connectivity index (χ0v) is 9.77. The van der Waals surface area contributed by atoms with Crippen LogP contribution in [0.3, 0.4) is 0 Å². The second-order valence-corrected chi connectivity index (χ2v) is 4.66. The Balaban J connectivity index is 1.90. The second-order valence-electron chi connectivity index (χ2n) is 4.66. The molecule has 90 valence electrons. The van der Waals surface area contributed by atoms with Crippen molar-refractivity contribution in [1.29, 1.82) is 0 Å². The van der Waals surface area contributed by atoms with Gasteiger partial charge in [0, 0.05) is 6.04 Å². The third-order valence-corrected chi connectivity index (χ3v) is 3.52. The first kappa shape index (κ1) is 10.3. The molecule has 1 aliphatic carbocycles. The smallest absolute Gasteiger partial charge is 0.224 e. The van der Waals surface area contributed by atoms with Crippen LogP contribution in [0.15, 0.2) is 6.33 Å². The number of aromatic nitrogens is 4. The first-order chi connectivity index (χ1) is 8.24. The fraction of sp³-hybridized carbons (Fsp3) is 0.545. The summed E-state index contributed by atoms with van der Waals surface area (Å²) in [7, 11) is 0. The molecule has 0 saturated heterocycles. The van der Waals surface area contributed by atoms with E-state index in [9.17, 15) is 0 Å². The number of nitrogens with two attached hydrogens (primary N) is 1. The summed E-state index contributed by atoms with van der Waals surface area (Å²) in [5.74, 6) is 1.75. The summed E-state index contributed by atoms with van der Waals surface area (Å²) in [6.07, 6.45) is 5.53.